The molecule has 0 saturated carbocycles. The van der Waals surface area contributed by atoms with Crippen molar-refractivity contribution in [3.05, 3.63) is 12.2 Å². The molecular formula is C18H33BrO3. The minimum absolute atomic E-state index is 0.173. The Bertz CT molecular complexity index is 292. The average Bonchev–Trinajstić information content (AvgIpc) is 2.52. The predicted molar refractivity (Wildman–Crippen MR) is 96.3 cm³/mol. The Kier molecular flexibility index (Phi) is 15.3. The van der Waals surface area contributed by atoms with E-state index in [1.807, 2.05) is 6.08 Å². The van der Waals surface area contributed by atoms with Crippen LogP contribution in [0.5, 0.6) is 0 Å². The number of carbonyl (C=O) groups excluding carboxylic acids is 1. The normalized spacial score (nSPS) is 14.2. The molecular weight excluding hydrogens is 344 g/mol. The lowest BCUT2D eigenvalue weighted by Crippen LogP contribution is -2.31. The lowest BCUT2D eigenvalue weighted by atomic mass is 10.0. The van der Waals surface area contributed by atoms with Gasteiger partial charge in [-0.15, -0.1) is 0 Å². The third-order valence-corrected chi connectivity index (χ3v) is 4.14. The molecule has 0 aromatic rings. The van der Waals surface area contributed by atoms with Crippen molar-refractivity contribution in [1.82, 2.24) is 0 Å². The topological polar surface area (TPSA) is 46.5 Å². The van der Waals surface area contributed by atoms with Crippen LogP contribution >= 0.6 is 15.9 Å². The molecule has 2 unspecified atom stereocenters. The first-order valence-corrected chi connectivity index (χ1v) is 9.86. The first-order valence-electron chi connectivity index (χ1n) is 8.74. The summed E-state index contributed by atoms with van der Waals surface area (Å²) in [5, 5.41) is 10.4. The van der Waals surface area contributed by atoms with Crippen molar-refractivity contribution >= 4 is 21.9 Å². The van der Waals surface area contributed by atoms with Crippen LogP contribution in [0.15, 0.2) is 12.2 Å². The van der Waals surface area contributed by atoms with E-state index in [4.69, 9.17) is 4.74 Å². The number of esters is 1. The second-order valence-electron chi connectivity index (χ2n) is 5.78. The van der Waals surface area contributed by atoms with E-state index in [1.165, 1.54) is 25.7 Å². The lowest BCUT2D eigenvalue weighted by Gasteiger charge is -2.22. The highest BCUT2D eigenvalue weighted by Crippen LogP contribution is 2.14. The Labute approximate surface area is 144 Å². The van der Waals surface area contributed by atoms with Gasteiger partial charge in [-0.25, -0.2) is 0 Å². The lowest BCUT2D eigenvalue weighted by molar-refractivity contribution is -0.151. The number of aliphatic hydroxyl groups excluding tert-OH is 1. The third kappa shape index (κ3) is 12.2. The number of aliphatic hydroxyl groups is 1. The number of rotatable bonds is 14. The van der Waals surface area contributed by atoms with Crippen LogP contribution in [-0.4, -0.2) is 28.6 Å². The maximum Gasteiger partial charge on any atom is 0.316 e. The maximum absolute atomic E-state index is 11.5. The molecule has 0 heterocycles. The van der Waals surface area contributed by atoms with E-state index >= 15 is 0 Å². The van der Waals surface area contributed by atoms with E-state index in [9.17, 15) is 9.90 Å². The zero-order valence-corrected chi connectivity index (χ0v) is 15.8. The fraction of sp³-hybridized carbons (Fsp3) is 0.833. The number of alkyl halides is 1. The van der Waals surface area contributed by atoms with E-state index in [2.05, 4.69) is 35.9 Å². The van der Waals surface area contributed by atoms with Crippen LogP contribution in [0.1, 0.15) is 78.1 Å². The molecule has 0 aromatic carbocycles. The number of hydrogen-bond acceptors (Lipinski definition) is 3. The van der Waals surface area contributed by atoms with Gasteiger partial charge in [0.25, 0.3) is 0 Å². The summed E-state index contributed by atoms with van der Waals surface area (Å²) in [6, 6.07) is 0. The molecule has 0 aliphatic rings. The molecule has 0 spiro atoms. The minimum atomic E-state index is -0.570. The summed E-state index contributed by atoms with van der Waals surface area (Å²) in [6.07, 6.45) is 13.7. The summed E-state index contributed by atoms with van der Waals surface area (Å²) < 4.78 is 5.35. The zero-order valence-electron chi connectivity index (χ0n) is 14.2. The predicted octanol–water partition coefficient (Wildman–Crippen LogP) is 5.15. The average molecular weight is 377 g/mol. The molecule has 2 atom stereocenters. The largest absolute Gasteiger partial charge is 0.459 e. The van der Waals surface area contributed by atoms with E-state index in [0.717, 1.165) is 25.7 Å². The van der Waals surface area contributed by atoms with Crippen molar-refractivity contribution in [1.29, 1.82) is 0 Å². The number of ether oxygens (including phenoxy) is 1. The Morgan fingerprint density at radius 3 is 2.41 bits per heavy atom. The van der Waals surface area contributed by atoms with Crippen LogP contribution in [-0.2, 0) is 9.53 Å². The van der Waals surface area contributed by atoms with E-state index in [-0.39, 0.29) is 11.3 Å². The van der Waals surface area contributed by atoms with E-state index in [1.54, 1.807) is 0 Å². The highest BCUT2D eigenvalue weighted by Gasteiger charge is 2.21. The van der Waals surface area contributed by atoms with Gasteiger partial charge in [0, 0.05) is 6.42 Å². The Balaban J connectivity index is 4.16. The van der Waals surface area contributed by atoms with E-state index in [0.29, 0.717) is 12.8 Å². The second kappa shape index (κ2) is 15.5. The van der Waals surface area contributed by atoms with Gasteiger partial charge in [0.15, 0.2) is 0 Å². The summed E-state index contributed by atoms with van der Waals surface area (Å²) in [6.45, 7) is 4.34. The van der Waals surface area contributed by atoms with E-state index < -0.39 is 12.2 Å². The molecule has 22 heavy (non-hydrogen) atoms. The molecule has 0 fully saturated rings. The van der Waals surface area contributed by atoms with Gasteiger partial charge in [-0.2, -0.15) is 0 Å². The molecule has 130 valence electrons. The minimum Gasteiger partial charge on any atom is -0.459 e. The molecule has 0 saturated heterocycles. The van der Waals surface area contributed by atoms with Crippen molar-refractivity contribution in [3.8, 4) is 0 Å². The smallest absolute Gasteiger partial charge is 0.316 e. The van der Waals surface area contributed by atoms with Crippen molar-refractivity contribution in [2.24, 2.45) is 0 Å². The monoisotopic (exact) mass is 376 g/mol. The number of carbonyl (C=O) groups is 1. The summed E-state index contributed by atoms with van der Waals surface area (Å²) in [4.78, 5) is 11.5. The Morgan fingerprint density at radius 2 is 1.77 bits per heavy atom. The molecule has 4 heteroatoms. The van der Waals surface area contributed by atoms with Crippen molar-refractivity contribution in [3.63, 3.8) is 0 Å². The molecule has 0 amide bonds. The molecule has 0 aliphatic heterocycles. The molecule has 0 bridgehead atoms. The summed E-state index contributed by atoms with van der Waals surface area (Å²) in [7, 11) is 0. The van der Waals surface area contributed by atoms with Crippen molar-refractivity contribution in [2.75, 3.05) is 5.33 Å². The first-order chi connectivity index (χ1) is 10.7. The summed E-state index contributed by atoms with van der Waals surface area (Å²) in [5.41, 5.74) is 0. The second-order valence-corrected chi connectivity index (χ2v) is 6.34. The standard InChI is InChI=1S/C18H33BrO3/c1-3-5-7-8-9-10-12-14-17(22-18(21)15-19)16(20)13-11-6-4-2/h10,12,16-17,20H,3-9,11,13-15H2,1-2H3/b12-10-. The van der Waals surface area contributed by atoms with Crippen LogP contribution in [0.4, 0.5) is 0 Å². The quantitative estimate of drug-likeness (QED) is 0.197. The van der Waals surface area contributed by atoms with Gasteiger partial charge < -0.3 is 9.84 Å². The first kappa shape index (κ1) is 21.6. The van der Waals surface area contributed by atoms with Crippen LogP contribution < -0.4 is 0 Å². The Hall–Kier alpha value is -0.350. The van der Waals surface area contributed by atoms with Gasteiger partial charge in [0.05, 0.1) is 6.10 Å². The van der Waals surface area contributed by atoms with Crippen molar-refractivity contribution < 1.29 is 14.6 Å². The molecule has 0 aromatic heterocycles. The third-order valence-electron chi connectivity index (χ3n) is 3.68. The molecule has 3 nitrogen and oxygen atoms in total. The number of unbranched alkanes of at least 4 members (excludes halogenated alkanes) is 6. The molecule has 0 aliphatic carbocycles. The van der Waals surface area contributed by atoms with Crippen molar-refractivity contribution in [2.45, 2.75) is 90.3 Å². The van der Waals surface area contributed by atoms with Crippen LogP contribution in [0.3, 0.4) is 0 Å². The maximum atomic E-state index is 11.5. The van der Waals surface area contributed by atoms with Crippen LogP contribution in [0.2, 0.25) is 0 Å². The highest BCUT2D eigenvalue weighted by molar-refractivity contribution is 9.09. The van der Waals surface area contributed by atoms with Gasteiger partial charge in [-0.3, -0.25) is 4.79 Å². The number of allylic oxidation sites excluding steroid dienone is 1. The molecule has 1 N–H and O–H groups in total. The molecule has 0 radical (unpaired) electrons. The SMILES string of the molecule is CCCCCC/C=C\CC(OC(=O)CBr)C(O)CCCCC. The van der Waals surface area contributed by atoms with Crippen LogP contribution in [0.25, 0.3) is 0 Å². The Morgan fingerprint density at radius 1 is 1.09 bits per heavy atom. The fourth-order valence-electron chi connectivity index (χ4n) is 2.31. The highest BCUT2D eigenvalue weighted by atomic mass is 79.9. The molecule has 0 rings (SSSR count). The number of halogens is 1. The summed E-state index contributed by atoms with van der Waals surface area (Å²) in [5.74, 6) is -0.309. The van der Waals surface area contributed by atoms with Gasteiger partial charge >= 0.3 is 5.97 Å². The summed E-state index contributed by atoms with van der Waals surface area (Å²) >= 11 is 3.10. The van der Waals surface area contributed by atoms with Gasteiger partial charge in [-0.05, 0) is 19.3 Å². The number of hydrogen-bond donors (Lipinski definition) is 1. The van der Waals surface area contributed by atoms with Crippen LogP contribution in [0, 0.1) is 0 Å². The zero-order chi connectivity index (χ0) is 16.6. The van der Waals surface area contributed by atoms with Gasteiger partial charge in [0.1, 0.15) is 11.4 Å². The van der Waals surface area contributed by atoms with Gasteiger partial charge in [0.2, 0.25) is 0 Å². The fourth-order valence-corrected chi connectivity index (χ4v) is 2.44. The van der Waals surface area contributed by atoms with Gasteiger partial charge in [-0.1, -0.05) is 80.5 Å².